The molecule has 0 aliphatic heterocycles. The monoisotopic (exact) mass is 676 g/mol. The molecule has 50 heavy (non-hydrogen) atoms. The lowest BCUT2D eigenvalue weighted by Gasteiger charge is -2.15. The van der Waals surface area contributed by atoms with Crippen LogP contribution in [0, 0.1) is 0 Å². The molecule has 0 saturated heterocycles. The molecule has 0 aromatic heterocycles. The summed E-state index contributed by atoms with van der Waals surface area (Å²) in [7, 11) is 0. The normalized spacial score (nSPS) is 11.3. The van der Waals surface area contributed by atoms with Gasteiger partial charge in [0.05, 0.1) is 24.6 Å². The van der Waals surface area contributed by atoms with E-state index in [2.05, 4.69) is 31.7 Å². The molecule has 12 nitrogen and oxygen atoms in total. The average molecular weight is 677 g/mol. The maximum atomic E-state index is 12.8. The van der Waals surface area contributed by atoms with E-state index in [1.807, 2.05) is 50.2 Å². The summed E-state index contributed by atoms with van der Waals surface area (Å²) in [6.45, 7) is 7.32. The van der Waals surface area contributed by atoms with Crippen LogP contribution in [0.5, 0.6) is 11.5 Å². The molecule has 0 radical (unpaired) electrons. The van der Waals surface area contributed by atoms with Crippen molar-refractivity contribution >= 4 is 57.6 Å². The van der Waals surface area contributed by atoms with E-state index >= 15 is 0 Å². The number of nitrogens with zero attached hydrogens (tertiary/aromatic N) is 2. The Bertz CT molecular complexity index is 1740. The highest BCUT2D eigenvalue weighted by molar-refractivity contribution is 6.67. The standard InChI is InChI=1S/C38H40N6O6/c1-5-21-49-33-23-27(17-19-31(33)41-43-35(25(3)45)37(47)39-29-13-9-7-10-14-29)28-18-20-32(34(24-28)50-22-6-2)42-44-36(26(4)46)38(48)40-30-15-11-8-12-16-30/h7-20,23-24,41-42H,5-6,21-22H2,1-4H3,(H,39,47)(H,40,48)/b43-35-,44-36+. The molecule has 4 aromatic rings. The van der Waals surface area contributed by atoms with Crippen LogP contribution in [0.25, 0.3) is 11.1 Å². The van der Waals surface area contributed by atoms with Crippen molar-refractivity contribution in [1.29, 1.82) is 0 Å². The molecular formula is C38H40N6O6. The van der Waals surface area contributed by atoms with Crippen molar-refractivity contribution in [2.75, 3.05) is 34.7 Å². The van der Waals surface area contributed by atoms with Gasteiger partial charge in [0.1, 0.15) is 11.5 Å². The SMILES string of the molecule is CCCOc1cc(-c2ccc(N/N=C(\C(C)=O)C(=O)Nc3ccccc3)c(OCCC)c2)ccc1N/N=C(/C(C)=O)C(=O)Nc1ccccc1. The van der Waals surface area contributed by atoms with E-state index < -0.39 is 23.4 Å². The minimum absolute atomic E-state index is 0.298. The van der Waals surface area contributed by atoms with Gasteiger partial charge in [-0.3, -0.25) is 30.0 Å². The van der Waals surface area contributed by atoms with E-state index in [0.717, 1.165) is 24.0 Å². The molecule has 0 saturated carbocycles. The van der Waals surface area contributed by atoms with Crippen molar-refractivity contribution in [2.24, 2.45) is 10.2 Å². The lowest BCUT2D eigenvalue weighted by Crippen LogP contribution is -2.29. The topological polar surface area (TPSA) is 160 Å². The number of para-hydroxylation sites is 2. The highest BCUT2D eigenvalue weighted by atomic mass is 16.5. The molecule has 12 heteroatoms. The average Bonchev–Trinajstić information content (AvgIpc) is 3.11. The predicted octanol–water partition coefficient (Wildman–Crippen LogP) is 6.92. The number of ketones is 2. The molecule has 258 valence electrons. The van der Waals surface area contributed by atoms with Gasteiger partial charge >= 0.3 is 0 Å². The van der Waals surface area contributed by atoms with Crippen molar-refractivity contribution in [1.82, 2.24) is 0 Å². The summed E-state index contributed by atoms with van der Waals surface area (Å²) in [6, 6.07) is 28.3. The number of anilines is 4. The first-order valence-electron chi connectivity index (χ1n) is 16.2. The molecule has 4 aromatic carbocycles. The van der Waals surface area contributed by atoms with Gasteiger partial charge in [0.25, 0.3) is 11.8 Å². The smallest absolute Gasteiger partial charge is 0.279 e. The van der Waals surface area contributed by atoms with Gasteiger partial charge in [0, 0.05) is 25.2 Å². The van der Waals surface area contributed by atoms with Crippen LogP contribution in [0.1, 0.15) is 40.5 Å². The Hall–Kier alpha value is -6.30. The molecule has 0 aliphatic carbocycles. The number of ether oxygens (including phenoxy) is 2. The molecular weight excluding hydrogens is 636 g/mol. The Kier molecular flexibility index (Phi) is 13.4. The van der Waals surface area contributed by atoms with E-state index in [9.17, 15) is 19.2 Å². The molecule has 2 amide bonds. The fourth-order valence-corrected chi connectivity index (χ4v) is 4.49. The van der Waals surface area contributed by atoms with Crippen molar-refractivity contribution in [2.45, 2.75) is 40.5 Å². The Labute approximate surface area is 291 Å². The fraction of sp³-hybridized carbons (Fsp3) is 0.211. The highest BCUT2D eigenvalue weighted by Gasteiger charge is 2.19. The summed E-state index contributed by atoms with van der Waals surface area (Å²) in [6.07, 6.45) is 1.49. The van der Waals surface area contributed by atoms with Crippen molar-refractivity contribution in [3.8, 4) is 22.6 Å². The van der Waals surface area contributed by atoms with Crippen LogP contribution < -0.4 is 31.0 Å². The summed E-state index contributed by atoms with van der Waals surface area (Å²) in [5, 5.41) is 13.6. The fourth-order valence-electron chi connectivity index (χ4n) is 4.49. The zero-order valence-corrected chi connectivity index (χ0v) is 28.4. The molecule has 0 spiro atoms. The summed E-state index contributed by atoms with van der Waals surface area (Å²) >= 11 is 0. The molecule has 4 N–H and O–H groups in total. The second-order valence-corrected chi connectivity index (χ2v) is 11.0. The van der Waals surface area contributed by atoms with Crippen LogP contribution >= 0.6 is 0 Å². The first-order valence-corrected chi connectivity index (χ1v) is 16.2. The van der Waals surface area contributed by atoms with Crippen LogP contribution in [0.3, 0.4) is 0 Å². The second kappa shape index (κ2) is 18.3. The molecule has 0 fully saturated rings. The summed E-state index contributed by atoms with van der Waals surface area (Å²) < 4.78 is 12.0. The third-order valence-corrected chi connectivity index (χ3v) is 6.96. The molecule has 0 heterocycles. The third-order valence-electron chi connectivity index (χ3n) is 6.96. The number of nitrogens with one attached hydrogen (secondary N) is 4. The molecule has 0 bridgehead atoms. The lowest BCUT2D eigenvalue weighted by molar-refractivity contribution is -0.116. The second-order valence-electron chi connectivity index (χ2n) is 11.0. The minimum Gasteiger partial charge on any atom is -0.491 e. The summed E-state index contributed by atoms with van der Waals surface area (Å²) in [5.74, 6) is -1.40. The van der Waals surface area contributed by atoms with Crippen molar-refractivity contribution in [3.63, 3.8) is 0 Å². The zero-order valence-electron chi connectivity index (χ0n) is 28.4. The number of carbonyl (C=O) groups is 4. The van der Waals surface area contributed by atoms with Crippen LogP contribution in [-0.4, -0.2) is 48.0 Å². The van der Waals surface area contributed by atoms with Gasteiger partial charge in [-0.05, 0) is 72.5 Å². The van der Waals surface area contributed by atoms with Crippen LogP contribution in [0.2, 0.25) is 0 Å². The first kappa shape index (κ1) is 36.5. The van der Waals surface area contributed by atoms with Gasteiger partial charge < -0.3 is 20.1 Å². The minimum atomic E-state index is -0.645. The Balaban J connectivity index is 1.60. The maximum absolute atomic E-state index is 12.8. The number of benzene rings is 4. The van der Waals surface area contributed by atoms with Gasteiger partial charge in [0.15, 0.2) is 23.0 Å². The molecule has 4 rings (SSSR count). The van der Waals surface area contributed by atoms with E-state index in [4.69, 9.17) is 9.47 Å². The highest BCUT2D eigenvalue weighted by Crippen LogP contribution is 2.35. The quantitative estimate of drug-likeness (QED) is 0.0533. The maximum Gasteiger partial charge on any atom is 0.279 e. The number of carbonyl (C=O) groups excluding carboxylic acids is 4. The Morgan fingerprint density at radius 3 is 1.28 bits per heavy atom. The summed E-state index contributed by atoms with van der Waals surface area (Å²) in [5.41, 5.74) is 8.60. The number of hydrogen-bond donors (Lipinski definition) is 4. The zero-order chi connectivity index (χ0) is 35.9. The van der Waals surface area contributed by atoms with E-state index in [0.29, 0.717) is 47.5 Å². The van der Waals surface area contributed by atoms with Crippen LogP contribution in [0.4, 0.5) is 22.7 Å². The predicted molar refractivity (Wildman–Crippen MR) is 197 cm³/mol. The largest absolute Gasteiger partial charge is 0.491 e. The van der Waals surface area contributed by atoms with Crippen LogP contribution in [0.15, 0.2) is 107 Å². The molecule has 0 atom stereocenters. The van der Waals surface area contributed by atoms with Gasteiger partial charge in [-0.1, -0.05) is 62.4 Å². The van der Waals surface area contributed by atoms with Gasteiger partial charge in [-0.15, -0.1) is 0 Å². The van der Waals surface area contributed by atoms with E-state index in [-0.39, 0.29) is 11.4 Å². The first-order chi connectivity index (χ1) is 24.2. The number of amides is 2. The Morgan fingerprint density at radius 2 is 0.940 bits per heavy atom. The lowest BCUT2D eigenvalue weighted by atomic mass is 10.0. The third kappa shape index (κ3) is 10.3. The number of rotatable bonds is 17. The van der Waals surface area contributed by atoms with Gasteiger partial charge in [-0.2, -0.15) is 10.2 Å². The summed E-state index contributed by atoms with van der Waals surface area (Å²) in [4.78, 5) is 50.3. The van der Waals surface area contributed by atoms with E-state index in [1.54, 1.807) is 60.7 Å². The van der Waals surface area contributed by atoms with Crippen molar-refractivity contribution in [3.05, 3.63) is 97.1 Å². The molecule has 0 aliphatic rings. The van der Waals surface area contributed by atoms with Gasteiger partial charge in [0.2, 0.25) is 0 Å². The van der Waals surface area contributed by atoms with E-state index in [1.165, 1.54) is 13.8 Å². The molecule has 0 unspecified atom stereocenters. The number of hydrazone groups is 2. The van der Waals surface area contributed by atoms with Crippen LogP contribution in [-0.2, 0) is 19.2 Å². The van der Waals surface area contributed by atoms with Gasteiger partial charge in [-0.25, -0.2) is 0 Å². The number of Topliss-reactive ketones (excluding diaryl/α,β-unsaturated/α-hetero) is 2. The Morgan fingerprint density at radius 1 is 0.560 bits per heavy atom. The van der Waals surface area contributed by atoms with Crippen molar-refractivity contribution < 1.29 is 28.7 Å². The number of hydrogen-bond acceptors (Lipinski definition) is 10.